The lowest BCUT2D eigenvalue weighted by Crippen LogP contribution is -2.40. The van der Waals surface area contributed by atoms with Gasteiger partial charge in [0.25, 0.3) is 0 Å². The zero-order valence-electron chi connectivity index (χ0n) is 16.8. The number of imidazole rings is 1. The Kier molecular flexibility index (Phi) is 7.30. The highest BCUT2D eigenvalue weighted by Crippen LogP contribution is 2.27. The van der Waals surface area contributed by atoms with E-state index in [1.807, 2.05) is 4.57 Å². The highest BCUT2D eigenvalue weighted by molar-refractivity contribution is 7.90. The highest BCUT2D eigenvalue weighted by Gasteiger charge is 2.23. The summed E-state index contributed by atoms with van der Waals surface area (Å²) < 4.78 is 31.8. The number of rotatable bonds is 8. The summed E-state index contributed by atoms with van der Waals surface area (Å²) in [4.78, 5) is 8.96. The van der Waals surface area contributed by atoms with E-state index >= 15 is 0 Å². The zero-order chi connectivity index (χ0) is 19.3. The molecule has 0 aromatic carbocycles. The molecule has 1 aromatic rings. The fraction of sp³-hybridized carbons (Fsp3) is 0.842. The second-order valence-corrected chi connectivity index (χ2v) is 10.0. The first-order valence-corrected chi connectivity index (χ1v) is 12.1. The lowest BCUT2D eigenvalue weighted by molar-refractivity contribution is 0.0341. The molecular weight excluding hydrogens is 364 g/mol. The van der Waals surface area contributed by atoms with E-state index in [1.165, 1.54) is 38.4 Å². The summed E-state index contributed by atoms with van der Waals surface area (Å²) >= 11 is 0. The molecule has 27 heavy (non-hydrogen) atoms. The Labute approximate surface area is 163 Å². The van der Waals surface area contributed by atoms with Crippen molar-refractivity contribution in [2.24, 2.45) is 5.92 Å². The lowest BCUT2D eigenvalue weighted by Gasteiger charge is -2.29. The van der Waals surface area contributed by atoms with Crippen LogP contribution in [0.5, 0.6) is 0 Å². The van der Waals surface area contributed by atoms with Gasteiger partial charge in [-0.1, -0.05) is 19.3 Å². The Balaban J connectivity index is 1.65. The topological polar surface area (TPSA) is 67.7 Å². The van der Waals surface area contributed by atoms with Crippen molar-refractivity contribution in [1.29, 1.82) is 0 Å². The first kappa shape index (κ1) is 20.8. The Bertz CT molecular complexity index is 692. The minimum Gasteiger partial charge on any atom is -0.379 e. The molecule has 154 valence electrons. The third-order valence-electron chi connectivity index (χ3n) is 5.73. The van der Waals surface area contributed by atoms with Crippen LogP contribution in [0.25, 0.3) is 0 Å². The molecule has 2 heterocycles. The second kappa shape index (κ2) is 9.49. The van der Waals surface area contributed by atoms with Gasteiger partial charge in [-0.3, -0.25) is 9.80 Å². The summed E-state index contributed by atoms with van der Waals surface area (Å²) in [5.41, 5.74) is 1.01. The van der Waals surface area contributed by atoms with Crippen LogP contribution in [-0.4, -0.2) is 80.5 Å². The Hall–Kier alpha value is -0.960. The van der Waals surface area contributed by atoms with Crippen molar-refractivity contribution in [3.63, 3.8) is 0 Å². The molecule has 0 atom stereocenters. The number of hydrogen-bond acceptors (Lipinski definition) is 6. The summed E-state index contributed by atoms with van der Waals surface area (Å²) in [6, 6.07) is 0. The third kappa shape index (κ3) is 6.01. The first-order chi connectivity index (χ1) is 12.9. The predicted molar refractivity (Wildman–Crippen MR) is 106 cm³/mol. The normalized spacial score (nSPS) is 20.4. The van der Waals surface area contributed by atoms with Crippen LogP contribution >= 0.6 is 0 Å². The van der Waals surface area contributed by atoms with Crippen molar-refractivity contribution < 1.29 is 13.2 Å². The molecule has 1 aliphatic heterocycles. The Morgan fingerprint density at radius 2 is 1.93 bits per heavy atom. The maximum absolute atomic E-state index is 12.2. The molecule has 0 unspecified atom stereocenters. The van der Waals surface area contributed by atoms with Gasteiger partial charge in [0, 0.05) is 45.5 Å². The third-order valence-corrected chi connectivity index (χ3v) is 6.72. The molecule has 3 rings (SSSR count). The molecule has 0 bridgehead atoms. The van der Waals surface area contributed by atoms with Gasteiger partial charge in [0.2, 0.25) is 15.0 Å². The van der Waals surface area contributed by atoms with Gasteiger partial charge >= 0.3 is 0 Å². The molecule has 7 nitrogen and oxygen atoms in total. The van der Waals surface area contributed by atoms with Crippen molar-refractivity contribution in [2.75, 3.05) is 52.7 Å². The monoisotopic (exact) mass is 398 g/mol. The van der Waals surface area contributed by atoms with Gasteiger partial charge in [0.05, 0.1) is 25.1 Å². The average Bonchev–Trinajstić information content (AvgIpc) is 3.04. The first-order valence-electron chi connectivity index (χ1n) is 10.2. The quantitative estimate of drug-likeness (QED) is 0.663. The number of morpholine rings is 1. The van der Waals surface area contributed by atoms with E-state index in [-0.39, 0.29) is 5.16 Å². The van der Waals surface area contributed by atoms with E-state index in [2.05, 4.69) is 21.8 Å². The van der Waals surface area contributed by atoms with Crippen LogP contribution in [0.2, 0.25) is 0 Å². The minimum atomic E-state index is -3.32. The van der Waals surface area contributed by atoms with E-state index in [4.69, 9.17) is 4.74 Å². The van der Waals surface area contributed by atoms with Gasteiger partial charge in [0.1, 0.15) is 0 Å². The molecule has 8 heteroatoms. The number of aromatic nitrogens is 2. The second-order valence-electron chi connectivity index (χ2n) is 8.11. The van der Waals surface area contributed by atoms with Gasteiger partial charge in [0.15, 0.2) is 0 Å². The fourth-order valence-corrected chi connectivity index (χ4v) is 4.97. The van der Waals surface area contributed by atoms with Crippen LogP contribution < -0.4 is 0 Å². The van der Waals surface area contributed by atoms with E-state index in [9.17, 15) is 8.42 Å². The molecule has 0 spiro atoms. The molecule has 1 saturated heterocycles. The smallest absolute Gasteiger partial charge is 0.227 e. The molecular formula is C19H34N4O3S. The average molecular weight is 399 g/mol. The predicted octanol–water partition coefficient (Wildman–Crippen LogP) is 1.63. The molecule has 1 aromatic heterocycles. The van der Waals surface area contributed by atoms with Crippen LogP contribution in [-0.2, 0) is 27.7 Å². The van der Waals surface area contributed by atoms with E-state index in [0.29, 0.717) is 5.92 Å². The molecule has 2 fully saturated rings. The highest BCUT2D eigenvalue weighted by atomic mass is 32.2. The van der Waals surface area contributed by atoms with Gasteiger partial charge in [-0.05, 0) is 25.8 Å². The summed E-state index contributed by atoms with van der Waals surface area (Å²) in [5, 5.41) is 0.227. The van der Waals surface area contributed by atoms with Crippen LogP contribution in [0.4, 0.5) is 0 Å². The van der Waals surface area contributed by atoms with Crippen molar-refractivity contribution >= 4 is 9.84 Å². The van der Waals surface area contributed by atoms with Crippen molar-refractivity contribution in [2.45, 2.75) is 50.4 Å². The van der Waals surface area contributed by atoms with Crippen molar-refractivity contribution in [3.8, 4) is 0 Å². The molecule has 1 aliphatic carbocycles. The molecule has 1 saturated carbocycles. The van der Waals surface area contributed by atoms with Crippen LogP contribution in [0.15, 0.2) is 11.4 Å². The molecule has 0 amide bonds. The number of likely N-dealkylation sites (N-methyl/N-ethyl adjacent to an activating group) is 1. The van der Waals surface area contributed by atoms with E-state index in [0.717, 1.165) is 58.2 Å². The van der Waals surface area contributed by atoms with Crippen LogP contribution in [0.3, 0.4) is 0 Å². The summed E-state index contributed by atoms with van der Waals surface area (Å²) in [6.07, 6.45) is 9.20. The fourth-order valence-electron chi connectivity index (χ4n) is 4.13. The molecule has 0 radical (unpaired) electrons. The van der Waals surface area contributed by atoms with Gasteiger partial charge in [-0.25, -0.2) is 13.4 Å². The van der Waals surface area contributed by atoms with Gasteiger partial charge in [-0.15, -0.1) is 0 Å². The molecule has 2 aliphatic rings. The number of hydrogen-bond donors (Lipinski definition) is 0. The SMILES string of the molecule is CN(CCN1CCOCC1)Cc1cnc(S(C)(=O)=O)n1CC1CCCCC1. The van der Waals surface area contributed by atoms with Crippen molar-refractivity contribution in [3.05, 3.63) is 11.9 Å². The van der Waals surface area contributed by atoms with Gasteiger partial charge < -0.3 is 9.30 Å². The summed E-state index contributed by atoms with van der Waals surface area (Å²) in [5.74, 6) is 0.561. The molecule has 0 N–H and O–H groups in total. The minimum absolute atomic E-state index is 0.227. The van der Waals surface area contributed by atoms with E-state index < -0.39 is 9.84 Å². The standard InChI is InChI=1S/C19H34N4O3S/c1-21(8-9-22-10-12-26-13-11-22)16-18-14-20-19(27(2,24)25)23(18)15-17-6-4-3-5-7-17/h14,17H,3-13,15-16H2,1-2H3. The number of nitrogens with zero attached hydrogens (tertiary/aromatic N) is 4. The lowest BCUT2D eigenvalue weighted by atomic mass is 9.89. The maximum Gasteiger partial charge on any atom is 0.227 e. The summed E-state index contributed by atoms with van der Waals surface area (Å²) in [7, 11) is -1.22. The van der Waals surface area contributed by atoms with E-state index in [1.54, 1.807) is 6.20 Å². The van der Waals surface area contributed by atoms with Crippen LogP contribution in [0.1, 0.15) is 37.8 Å². The van der Waals surface area contributed by atoms with Crippen LogP contribution in [0, 0.1) is 5.92 Å². The zero-order valence-corrected chi connectivity index (χ0v) is 17.6. The summed E-state index contributed by atoms with van der Waals surface area (Å²) in [6.45, 7) is 7.07. The van der Waals surface area contributed by atoms with Gasteiger partial charge in [-0.2, -0.15) is 0 Å². The van der Waals surface area contributed by atoms with Crippen molar-refractivity contribution in [1.82, 2.24) is 19.4 Å². The largest absolute Gasteiger partial charge is 0.379 e. The number of ether oxygens (including phenoxy) is 1. The number of sulfone groups is 1. The Morgan fingerprint density at radius 1 is 1.22 bits per heavy atom. The maximum atomic E-state index is 12.2. The Morgan fingerprint density at radius 3 is 2.59 bits per heavy atom.